The molecule has 0 aliphatic heterocycles. The van der Waals surface area contributed by atoms with Gasteiger partial charge in [0, 0.05) is 0 Å². The zero-order valence-corrected chi connectivity index (χ0v) is 34.3. The summed E-state index contributed by atoms with van der Waals surface area (Å²) in [7, 11) is 0. The summed E-state index contributed by atoms with van der Waals surface area (Å²) in [6, 6.07) is 22.8. The van der Waals surface area contributed by atoms with Crippen LogP contribution in [-0.4, -0.2) is 0 Å². The van der Waals surface area contributed by atoms with Crippen molar-refractivity contribution in [3.05, 3.63) is 128 Å². The molecule has 3 aliphatic rings. The van der Waals surface area contributed by atoms with Gasteiger partial charge in [0.1, 0.15) is 0 Å². The summed E-state index contributed by atoms with van der Waals surface area (Å²) in [6.45, 7) is 29.1. The van der Waals surface area contributed by atoms with Crippen LogP contribution in [0.2, 0.25) is 3.63 Å². The van der Waals surface area contributed by atoms with E-state index in [2.05, 4.69) is 148 Å². The molecule has 3 aromatic carbocycles. The van der Waals surface area contributed by atoms with E-state index in [-0.39, 0.29) is 10.8 Å². The van der Waals surface area contributed by atoms with Gasteiger partial charge in [0.25, 0.3) is 0 Å². The Morgan fingerprint density at radius 2 is 1.17 bits per heavy atom. The van der Waals surface area contributed by atoms with Crippen molar-refractivity contribution < 1.29 is 20.3 Å². The number of hydrogen-bond acceptors (Lipinski definition) is 0. The first-order valence-electron chi connectivity index (χ1n) is 19.1. The van der Waals surface area contributed by atoms with E-state index in [1.807, 2.05) is 0 Å². The zero-order valence-electron chi connectivity index (χ0n) is 31.8. The molecule has 1 fully saturated rings. The fraction of sp³-hybridized carbons (Fsp3) is 0.489. The zero-order chi connectivity index (χ0) is 34.6. The van der Waals surface area contributed by atoms with Crippen LogP contribution >= 0.6 is 0 Å². The molecule has 0 nitrogen and oxygen atoms in total. The van der Waals surface area contributed by atoms with E-state index in [1.165, 1.54) is 69.6 Å². The second-order valence-electron chi connectivity index (χ2n) is 18.2. The van der Waals surface area contributed by atoms with Gasteiger partial charge in [-0.15, -0.1) is 0 Å². The van der Waals surface area contributed by atoms with Crippen molar-refractivity contribution in [1.82, 2.24) is 0 Å². The minimum absolute atomic E-state index is 0.0917. The summed E-state index contributed by atoms with van der Waals surface area (Å²) in [5.41, 5.74) is 13.8. The van der Waals surface area contributed by atoms with Gasteiger partial charge in [0.05, 0.1) is 0 Å². The van der Waals surface area contributed by atoms with Gasteiger partial charge in [-0.05, 0) is 0 Å². The van der Waals surface area contributed by atoms with Gasteiger partial charge in [-0.1, -0.05) is 0 Å². The number of benzene rings is 3. The molecule has 3 aromatic rings. The van der Waals surface area contributed by atoms with Gasteiger partial charge in [0.15, 0.2) is 0 Å². The predicted molar refractivity (Wildman–Crippen MR) is 207 cm³/mol. The molecule has 0 spiro atoms. The third-order valence-corrected chi connectivity index (χ3v) is 26.5. The molecule has 1 saturated carbocycles. The number of rotatable bonds is 8. The van der Waals surface area contributed by atoms with E-state index in [0.717, 1.165) is 0 Å². The Morgan fingerprint density at radius 3 is 1.60 bits per heavy atom. The van der Waals surface area contributed by atoms with Gasteiger partial charge in [0.2, 0.25) is 0 Å². The quantitative estimate of drug-likeness (QED) is 0.218. The van der Waals surface area contributed by atoms with E-state index in [0.29, 0.717) is 25.0 Å². The molecular formula is C47H62Zr. The summed E-state index contributed by atoms with van der Waals surface area (Å²) in [4.78, 5) is 0. The Kier molecular flexibility index (Phi) is 9.99. The van der Waals surface area contributed by atoms with E-state index in [1.54, 1.807) is 20.0 Å². The molecule has 6 rings (SSSR count). The Balaban J connectivity index is 1.69. The Bertz CT molecular complexity index is 1620. The summed E-state index contributed by atoms with van der Waals surface area (Å²) in [5.74, 6) is 1.66. The molecule has 1 unspecified atom stereocenters. The van der Waals surface area contributed by atoms with Crippen LogP contribution in [0.3, 0.4) is 0 Å². The summed E-state index contributed by atoms with van der Waals surface area (Å²) < 4.78 is 3.81. The first kappa shape index (κ1) is 35.6. The van der Waals surface area contributed by atoms with E-state index in [9.17, 15) is 0 Å². The van der Waals surface area contributed by atoms with Gasteiger partial charge in [-0.25, -0.2) is 0 Å². The summed E-state index contributed by atoms with van der Waals surface area (Å²) in [6.07, 6.45) is 16.7. The second kappa shape index (κ2) is 13.5. The summed E-state index contributed by atoms with van der Waals surface area (Å²) in [5, 5.41) is 0. The Labute approximate surface area is 298 Å². The van der Waals surface area contributed by atoms with Crippen molar-refractivity contribution in [3.63, 3.8) is 0 Å². The van der Waals surface area contributed by atoms with Crippen LogP contribution in [0, 0.1) is 5.92 Å². The van der Waals surface area contributed by atoms with Crippen LogP contribution in [0.5, 0.6) is 0 Å². The molecule has 0 radical (unpaired) electrons. The second-order valence-corrected chi connectivity index (χ2v) is 28.8. The van der Waals surface area contributed by atoms with Gasteiger partial charge < -0.3 is 0 Å². The van der Waals surface area contributed by atoms with E-state index < -0.39 is 20.3 Å². The summed E-state index contributed by atoms with van der Waals surface area (Å²) >= 11 is -3.69. The van der Waals surface area contributed by atoms with E-state index >= 15 is 0 Å². The van der Waals surface area contributed by atoms with Crippen molar-refractivity contribution in [3.8, 4) is 11.1 Å². The van der Waals surface area contributed by atoms with Crippen LogP contribution in [0.15, 0.2) is 88.8 Å². The van der Waals surface area contributed by atoms with Crippen LogP contribution in [0.4, 0.5) is 0 Å². The van der Waals surface area contributed by atoms with Crippen LogP contribution < -0.4 is 0 Å². The predicted octanol–water partition coefficient (Wildman–Crippen LogP) is 14.0. The monoisotopic (exact) mass is 716 g/mol. The Morgan fingerprint density at radius 1 is 0.688 bits per heavy atom. The van der Waals surface area contributed by atoms with Crippen molar-refractivity contribution in [2.75, 3.05) is 0 Å². The maximum atomic E-state index is 5.37. The van der Waals surface area contributed by atoms with Crippen LogP contribution in [0.25, 0.3) is 11.1 Å². The van der Waals surface area contributed by atoms with Crippen molar-refractivity contribution >= 4 is 0 Å². The van der Waals surface area contributed by atoms with Gasteiger partial charge >= 0.3 is 300 Å². The van der Waals surface area contributed by atoms with Gasteiger partial charge in [-0.2, -0.15) is 0 Å². The molecule has 0 bridgehead atoms. The fourth-order valence-corrected chi connectivity index (χ4v) is 24.6. The molecule has 0 saturated heterocycles. The molecule has 0 aromatic heterocycles. The number of allylic oxidation sites excluding steroid dienone is 5. The topological polar surface area (TPSA) is 0 Å². The average Bonchev–Trinajstić information content (AvgIpc) is 3.70. The molecule has 1 heteroatoms. The van der Waals surface area contributed by atoms with Crippen molar-refractivity contribution in [2.24, 2.45) is 5.92 Å². The SMILES string of the molecule is C=[C](C1CCCCC1)[Zr]([CH2]c1cc(C(C)C)cc(C(C)C)c1)([CH]1C=CC=C1)[CH]1c2cc(C(C)(C)C)ccc2-c2ccc(C(C)(C)C)cc21. The third kappa shape index (κ3) is 6.64. The fourth-order valence-electron chi connectivity index (χ4n) is 9.13. The first-order valence-corrected chi connectivity index (χ1v) is 24.9. The average molecular weight is 718 g/mol. The Hall–Kier alpha value is -2.24. The van der Waals surface area contributed by atoms with Crippen LogP contribution in [-0.2, 0) is 35.2 Å². The van der Waals surface area contributed by atoms with Crippen LogP contribution in [0.1, 0.15) is 156 Å². The number of fused-ring (bicyclic) bond motifs is 3. The van der Waals surface area contributed by atoms with Crippen molar-refractivity contribution in [2.45, 2.75) is 135 Å². The van der Waals surface area contributed by atoms with Crippen molar-refractivity contribution in [1.29, 1.82) is 0 Å². The normalized spacial score (nSPS) is 18.5. The minimum atomic E-state index is -3.69. The van der Waals surface area contributed by atoms with E-state index in [4.69, 9.17) is 6.58 Å². The number of hydrogen-bond donors (Lipinski definition) is 0. The first-order chi connectivity index (χ1) is 22.6. The van der Waals surface area contributed by atoms with Gasteiger partial charge in [-0.3, -0.25) is 0 Å². The molecule has 0 heterocycles. The standard InChI is InChI=1S/C21H25.C13H19.C8H13.C5H5.Zr/c1-20(2,3)16-7-9-18-14(12-16)11-15-13-17(21(4,5)6)8-10-19(15)18;1-9(2)12-6-11(5)7-13(8-12)10(3)4;1-2-8-6-4-3-5-7-8;1-2-4-5-3-1;/h7-13H,1-6H3;6-10H,5H2,1-4H3;8H,1,3-7H2;1-5H;. The molecule has 0 N–H and O–H groups in total. The molecule has 48 heavy (non-hydrogen) atoms. The molecular weight excluding hydrogens is 656 g/mol. The maximum absolute atomic E-state index is 5.37. The molecule has 1 atom stereocenters. The molecule has 0 amide bonds. The molecule has 254 valence electrons. The molecule has 3 aliphatic carbocycles. The third-order valence-electron chi connectivity index (χ3n) is 12.2.